The van der Waals surface area contributed by atoms with Gasteiger partial charge in [-0.1, -0.05) is 45.9 Å². The summed E-state index contributed by atoms with van der Waals surface area (Å²) in [7, 11) is 0. The Bertz CT molecular complexity index is 427. The van der Waals surface area contributed by atoms with E-state index in [1.54, 1.807) is 0 Å². The van der Waals surface area contributed by atoms with Crippen LogP contribution in [0.1, 0.15) is 50.8 Å². The van der Waals surface area contributed by atoms with Gasteiger partial charge in [-0.05, 0) is 41.4 Å². The normalized spacial score (nSPS) is 13.4. The van der Waals surface area contributed by atoms with Gasteiger partial charge in [0.2, 0.25) is 0 Å². The molecule has 1 aromatic rings. The molecule has 1 N–H and O–H groups in total. The Kier molecular flexibility index (Phi) is 4.55. The molecule has 0 saturated heterocycles. The third-order valence-electron chi connectivity index (χ3n) is 3.30. The summed E-state index contributed by atoms with van der Waals surface area (Å²) in [5.74, 6) is -0.534. The molecule has 0 aliphatic heterocycles. The van der Waals surface area contributed by atoms with Crippen LogP contribution >= 0.6 is 0 Å². The minimum absolute atomic E-state index is 0.163. The van der Waals surface area contributed by atoms with E-state index in [4.69, 9.17) is 5.11 Å². The van der Waals surface area contributed by atoms with Crippen LogP contribution in [-0.2, 0) is 16.6 Å². The molecule has 1 atom stereocenters. The van der Waals surface area contributed by atoms with Gasteiger partial charge in [-0.2, -0.15) is 0 Å². The molecule has 18 heavy (non-hydrogen) atoms. The highest BCUT2D eigenvalue weighted by Crippen LogP contribution is 2.25. The van der Waals surface area contributed by atoms with Crippen molar-refractivity contribution in [3.8, 4) is 0 Å². The molecule has 0 heterocycles. The zero-order chi connectivity index (χ0) is 13.9. The first-order chi connectivity index (χ1) is 8.20. The van der Waals surface area contributed by atoms with Gasteiger partial charge >= 0.3 is 5.97 Å². The van der Waals surface area contributed by atoms with Crippen molar-refractivity contribution in [2.45, 2.75) is 52.9 Å². The van der Waals surface area contributed by atoms with E-state index < -0.39 is 5.97 Å². The number of aryl methyl sites for hydroxylation is 1. The van der Waals surface area contributed by atoms with Crippen LogP contribution in [0.5, 0.6) is 0 Å². The lowest BCUT2D eigenvalue weighted by molar-refractivity contribution is -0.137. The van der Waals surface area contributed by atoms with E-state index in [0.29, 0.717) is 0 Å². The van der Waals surface area contributed by atoms with Crippen LogP contribution in [0.25, 0.3) is 0 Å². The SMILES string of the molecule is Cc1cc(C(C)(C)C)ccc1CC(C)CC(=O)O. The van der Waals surface area contributed by atoms with Crippen molar-refractivity contribution in [1.82, 2.24) is 0 Å². The Morgan fingerprint density at radius 1 is 1.33 bits per heavy atom. The second-order valence-electron chi connectivity index (χ2n) is 6.30. The van der Waals surface area contributed by atoms with E-state index in [2.05, 4.69) is 45.9 Å². The zero-order valence-electron chi connectivity index (χ0n) is 12.1. The summed E-state index contributed by atoms with van der Waals surface area (Å²) in [4.78, 5) is 10.7. The number of benzene rings is 1. The Morgan fingerprint density at radius 2 is 1.94 bits per heavy atom. The number of carbonyl (C=O) groups is 1. The molecule has 0 spiro atoms. The fourth-order valence-corrected chi connectivity index (χ4v) is 2.14. The molecule has 1 unspecified atom stereocenters. The van der Waals surface area contributed by atoms with Gasteiger partial charge in [0.25, 0.3) is 0 Å². The molecule has 0 saturated carbocycles. The molecule has 0 aromatic heterocycles. The lowest BCUT2D eigenvalue weighted by atomic mass is 9.84. The van der Waals surface area contributed by atoms with Gasteiger partial charge in [0.05, 0.1) is 0 Å². The number of hydrogen-bond acceptors (Lipinski definition) is 1. The van der Waals surface area contributed by atoms with Crippen LogP contribution in [-0.4, -0.2) is 11.1 Å². The first kappa shape index (κ1) is 14.7. The predicted octanol–water partition coefficient (Wildman–Crippen LogP) is 3.95. The van der Waals surface area contributed by atoms with E-state index in [9.17, 15) is 4.79 Å². The summed E-state index contributed by atoms with van der Waals surface area (Å²) in [6.07, 6.45) is 1.07. The third-order valence-corrected chi connectivity index (χ3v) is 3.30. The van der Waals surface area contributed by atoms with Crippen LogP contribution in [0.3, 0.4) is 0 Å². The Hall–Kier alpha value is -1.31. The van der Waals surface area contributed by atoms with Crippen molar-refractivity contribution < 1.29 is 9.90 Å². The molecule has 0 amide bonds. The van der Waals surface area contributed by atoms with Crippen molar-refractivity contribution in [2.75, 3.05) is 0 Å². The number of aliphatic carboxylic acids is 1. The summed E-state index contributed by atoms with van der Waals surface area (Å²) < 4.78 is 0. The molecule has 1 rings (SSSR count). The highest BCUT2D eigenvalue weighted by Gasteiger charge is 2.15. The molecular formula is C16H24O2. The first-order valence-corrected chi connectivity index (χ1v) is 6.52. The van der Waals surface area contributed by atoms with Gasteiger partial charge in [0.1, 0.15) is 0 Å². The Balaban J connectivity index is 2.83. The maximum atomic E-state index is 10.7. The van der Waals surface area contributed by atoms with Crippen LogP contribution in [0, 0.1) is 12.8 Å². The average molecular weight is 248 g/mol. The third kappa shape index (κ3) is 4.17. The van der Waals surface area contributed by atoms with Gasteiger partial charge in [-0.3, -0.25) is 4.79 Å². The van der Waals surface area contributed by atoms with Gasteiger partial charge in [-0.25, -0.2) is 0 Å². The van der Waals surface area contributed by atoms with Crippen molar-refractivity contribution in [2.24, 2.45) is 5.92 Å². The van der Waals surface area contributed by atoms with Gasteiger partial charge in [0.15, 0.2) is 0 Å². The number of hydrogen-bond donors (Lipinski definition) is 1. The molecular weight excluding hydrogens is 224 g/mol. The van der Waals surface area contributed by atoms with Crippen LogP contribution in [0.2, 0.25) is 0 Å². The monoisotopic (exact) mass is 248 g/mol. The highest BCUT2D eigenvalue weighted by molar-refractivity contribution is 5.67. The smallest absolute Gasteiger partial charge is 0.303 e. The molecule has 1 aromatic carbocycles. The first-order valence-electron chi connectivity index (χ1n) is 6.52. The quantitative estimate of drug-likeness (QED) is 0.876. The van der Waals surface area contributed by atoms with Crippen molar-refractivity contribution in [3.63, 3.8) is 0 Å². The minimum atomic E-state index is -0.716. The molecule has 0 aliphatic rings. The molecule has 2 heteroatoms. The summed E-state index contributed by atoms with van der Waals surface area (Å²) in [6.45, 7) is 10.7. The average Bonchev–Trinajstić information content (AvgIpc) is 2.18. The standard InChI is InChI=1S/C16H24O2/c1-11(9-15(17)18)8-13-6-7-14(10-12(13)2)16(3,4)5/h6-7,10-11H,8-9H2,1-5H3,(H,17,18). The lowest BCUT2D eigenvalue weighted by Gasteiger charge is -2.21. The predicted molar refractivity (Wildman–Crippen MR) is 75.0 cm³/mol. The summed E-state index contributed by atoms with van der Waals surface area (Å²) >= 11 is 0. The van der Waals surface area contributed by atoms with Gasteiger partial charge < -0.3 is 5.11 Å². The lowest BCUT2D eigenvalue weighted by Crippen LogP contribution is -2.12. The topological polar surface area (TPSA) is 37.3 Å². The fourth-order valence-electron chi connectivity index (χ4n) is 2.14. The highest BCUT2D eigenvalue weighted by atomic mass is 16.4. The second kappa shape index (κ2) is 5.55. The summed E-state index contributed by atoms with van der Waals surface area (Å²) in [5.41, 5.74) is 4.02. The van der Waals surface area contributed by atoms with Crippen molar-refractivity contribution >= 4 is 5.97 Å². The molecule has 0 radical (unpaired) electrons. The van der Waals surface area contributed by atoms with Crippen LogP contribution in [0.15, 0.2) is 18.2 Å². The van der Waals surface area contributed by atoms with E-state index >= 15 is 0 Å². The number of carboxylic acid groups (broad SMARTS) is 1. The maximum Gasteiger partial charge on any atom is 0.303 e. The molecule has 2 nitrogen and oxygen atoms in total. The van der Waals surface area contributed by atoms with Crippen LogP contribution in [0.4, 0.5) is 0 Å². The maximum absolute atomic E-state index is 10.7. The summed E-state index contributed by atoms with van der Waals surface area (Å²) in [5, 5.41) is 8.78. The number of rotatable bonds is 4. The Labute approximate surface area is 110 Å². The van der Waals surface area contributed by atoms with E-state index in [1.807, 2.05) is 6.92 Å². The largest absolute Gasteiger partial charge is 0.481 e. The fraction of sp³-hybridized carbons (Fsp3) is 0.562. The minimum Gasteiger partial charge on any atom is -0.481 e. The van der Waals surface area contributed by atoms with Crippen molar-refractivity contribution in [1.29, 1.82) is 0 Å². The van der Waals surface area contributed by atoms with Crippen LogP contribution < -0.4 is 0 Å². The molecule has 0 fully saturated rings. The zero-order valence-corrected chi connectivity index (χ0v) is 12.1. The number of carboxylic acids is 1. The second-order valence-corrected chi connectivity index (χ2v) is 6.30. The van der Waals surface area contributed by atoms with E-state index in [-0.39, 0.29) is 17.8 Å². The van der Waals surface area contributed by atoms with E-state index in [1.165, 1.54) is 16.7 Å². The molecule has 0 aliphatic carbocycles. The Morgan fingerprint density at radius 3 is 2.39 bits per heavy atom. The molecule has 100 valence electrons. The molecule has 0 bridgehead atoms. The van der Waals surface area contributed by atoms with Crippen molar-refractivity contribution in [3.05, 3.63) is 34.9 Å². The summed E-state index contributed by atoms with van der Waals surface area (Å²) in [6, 6.07) is 6.53. The van der Waals surface area contributed by atoms with E-state index in [0.717, 1.165) is 6.42 Å². The van der Waals surface area contributed by atoms with Gasteiger partial charge in [-0.15, -0.1) is 0 Å². The van der Waals surface area contributed by atoms with Gasteiger partial charge in [0, 0.05) is 6.42 Å².